The van der Waals surface area contributed by atoms with Gasteiger partial charge in [-0.25, -0.2) is 0 Å². The number of aryl methyl sites for hydroxylation is 1. The standard InChI is InChI=1S/C45H39BN2O2/c1-28-23-41-43-42(24-28)50-40-27-32-31(44(2,3)21-22-45(32,4)5)26-34(40)46(43)33-20-19-30(25-39(33)49-41)48-37-17-11-9-15-35(37)47(29-13-7-6-8-14-29)36-16-10-12-18-38(36)48/h6-20,23-27H,21-22H2,1-5H3. The summed E-state index contributed by atoms with van der Waals surface area (Å²) in [5.41, 5.74) is 14.4. The Hall–Kier alpha value is -5.42. The SMILES string of the molecule is Cc1cc2c3c(c1)Oc1cc4c(cc1B3c1ccc(N3c5ccccc5N(c5ccccc5)c5ccccc53)cc1O2)C(C)(C)CCC4(C)C. The number of ether oxygens (including phenoxy) is 2. The third-order valence-corrected chi connectivity index (χ3v) is 11.6. The predicted octanol–water partition coefficient (Wildman–Crippen LogP) is 10.3. The summed E-state index contributed by atoms with van der Waals surface area (Å²) in [6.45, 7) is 11.7. The zero-order chi connectivity index (χ0) is 33.9. The summed E-state index contributed by atoms with van der Waals surface area (Å²) in [5.74, 6) is 3.65. The fraction of sp³-hybridized carbons (Fsp3) is 0.200. The van der Waals surface area contributed by atoms with Crippen LogP contribution in [0.25, 0.3) is 0 Å². The highest BCUT2D eigenvalue weighted by Crippen LogP contribution is 2.54. The van der Waals surface area contributed by atoms with Crippen molar-refractivity contribution in [2.24, 2.45) is 0 Å². The summed E-state index contributed by atoms with van der Waals surface area (Å²) in [6, 6.07) is 44.0. The maximum atomic E-state index is 6.89. The first-order valence-electron chi connectivity index (χ1n) is 17.8. The Bertz CT molecular complexity index is 2330. The minimum absolute atomic E-state index is 0.0165. The number of para-hydroxylation sites is 5. The Morgan fingerprint density at radius 3 is 1.58 bits per heavy atom. The maximum absolute atomic E-state index is 6.89. The van der Waals surface area contributed by atoms with E-state index < -0.39 is 0 Å². The monoisotopic (exact) mass is 650 g/mol. The highest BCUT2D eigenvalue weighted by Gasteiger charge is 2.44. The first-order valence-corrected chi connectivity index (χ1v) is 17.8. The maximum Gasteiger partial charge on any atom is 0.260 e. The van der Waals surface area contributed by atoms with E-state index in [-0.39, 0.29) is 17.5 Å². The molecule has 6 aromatic carbocycles. The van der Waals surface area contributed by atoms with E-state index in [0.717, 1.165) is 68.1 Å². The number of fused-ring (bicyclic) bond motifs is 7. The third-order valence-electron chi connectivity index (χ3n) is 11.6. The van der Waals surface area contributed by atoms with Crippen molar-refractivity contribution in [3.8, 4) is 23.0 Å². The number of anilines is 6. The van der Waals surface area contributed by atoms with Gasteiger partial charge in [-0.15, -0.1) is 0 Å². The molecule has 0 aromatic heterocycles. The van der Waals surface area contributed by atoms with Gasteiger partial charge in [0.2, 0.25) is 0 Å². The molecule has 0 N–H and O–H groups in total. The Kier molecular flexibility index (Phi) is 6.08. The van der Waals surface area contributed by atoms with E-state index in [1.165, 1.54) is 34.9 Å². The molecule has 0 amide bonds. The van der Waals surface area contributed by atoms with Crippen LogP contribution in [0, 0.1) is 6.92 Å². The molecular weight excluding hydrogens is 611 g/mol. The van der Waals surface area contributed by atoms with E-state index >= 15 is 0 Å². The average molecular weight is 651 g/mol. The molecule has 3 aliphatic heterocycles. The van der Waals surface area contributed by atoms with Crippen molar-refractivity contribution in [2.75, 3.05) is 9.80 Å². The molecule has 3 heterocycles. The van der Waals surface area contributed by atoms with Crippen molar-refractivity contribution in [2.45, 2.75) is 58.3 Å². The van der Waals surface area contributed by atoms with Gasteiger partial charge in [-0.05, 0) is 119 Å². The molecule has 1 aliphatic carbocycles. The number of rotatable bonds is 2. The van der Waals surface area contributed by atoms with Crippen LogP contribution in [0.5, 0.6) is 23.0 Å². The minimum Gasteiger partial charge on any atom is -0.458 e. The van der Waals surface area contributed by atoms with Crippen LogP contribution >= 0.6 is 0 Å². The van der Waals surface area contributed by atoms with Gasteiger partial charge >= 0.3 is 0 Å². The molecule has 244 valence electrons. The lowest BCUT2D eigenvalue weighted by atomic mass is 9.34. The lowest BCUT2D eigenvalue weighted by Gasteiger charge is -2.43. The lowest BCUT2D eigenvalue weighted by Crippen LogP contribution is -2.58. The molecule has 5 heteroatoms. The van der Waals surface area contributed by atoms with Crippen LogP contribution < -0.4 is 35.7 Å². The van der Waals surface area contributed by atoms with Crippen LogP contribution in [-0.2, 0) is 10.8 Å². The van der Waals surface area contributed by atoms with Crippen molar-refractivity contribution < 1.29 is 9.47 Å². The fourth-order valence-electron chi connectivity index (χ4n) is 8.89. The largest absolute Gasteiger partial charge is 0.458 e. The van der Waals surface area contributed by atoms with Crippen molar-refractivity contribution in [3.63, 3.8) is 0 Å². The number of benzene rings is 6. The van der Waals surface area contributed by atoms with Crippen molar-refractivity contribution in [3.05, 3.63) is 138 Å². The second kappa shape index (κ2) is 10.3. The summed E-state index contributed by atoms with van der Waals surface area (Å²) in [6.07, 6.45) is 2.34. The molecule has 6 aromatic rings. The smallest absolute Gasteiger partial charge is 0.260 e. The van der Waals surface area contributed by atoms with E-state index in [1.807, 2.05) is 0 Å². The van der Waals surface area contributed by atoms with E-state index in [0.29, 0.717) is 0 Å². The summed E-state index contributed by atoms with van der Waals surface area (Å²) >= 11 is 0. The van der Waals surface area contributed by atoms with E-state index in [4.69, 9.17) is 9.47 Å². The zero-order valence-electron chi connectivity index (χ0n) is 29.2. The highest BCUT2D eigenvalue weighted by atomic mass is 16.5. The lowest BCUT2D eigenvalue weighted by molar-refractivity contribution is 0.330. The van der Waals surface area contributed by atoms with Crippen molar-refractivity contribution in [1.29, 1.82) is 0 Å². The summed E-state index contributed by atoms with van der Waals surface area (Å²) in [7, 11) is 0. The Morgan fingerprint density at radius 1 is 0.500 bits per heavy atom. The normalized spacial score (nSPS) is 16.9. The number of hydrogen-bond donors (Lipinski definition) is 0. The molecule has 0 radical (unpaired) electrons. The van der Waals surface area contributed by atoms with Gasteiger partial charge in [0.05, 0.1) is 22.7 Å². The van der Waals surface area contributed by atoms with Crippen LogP contribution in [0.4, 0.5) is 34.1 Å². The molecule has 0 fully saturated rings. The topological polar surface area (TPSA) is 24.9 Å². The number of nitrogens with zero attached hydrogens (tertiary/aromatic N) is 2. The second-order valence-corrected chi connectivity index (χ2v) is 15.7. The van der Waals surface area contributed by atoms with Crippen molar-refractivity contribution >= 4 is 57.2 Å². The Labute approximate surface area is 295 Å². The molecule has 0 saturated carbocycles. The molecule has 4 aliphatic rings. The quantitative estimate of drug-likeness (QED) is 0.174. The summed E-state index contributed by atoms with van der Waals surface area (Å²) < 4.78 is 13.7. The molecule has 0 atom stereocenters. The van der Waals surface area contributed by atoms with Crippen LogP contribution in [0.15, 0.2) is 121 Å². The first kappa shape index (κ1) is 29.5. The molecule has 0 bridgehead atoms. The van der Waals surface area contributed by atoms with Gasteiger partial charge in [0.15, 0.2) is 0 Å². The molecule has 10 rings (SSSR count). The van der Waals surface area contributed by atoms with E-state index in [2.05, 4.69) is 166 Å². The van der Waals surface area contributed by atoms with E-state index in [9.17, 15) is 0 Å². The average Bonchev–Trinajstić information content (AvgIpc) is 3.11. The van der Waals surface area contributed by atoms with Crippen LogP contribution in [0.2, 0.25) is 0 Å². The van der Waals surface area contributed by atoms with E-state index in [1.54, 1.807) is 0 Å². The second-order valence-electron chi connectivity index (χ2n) is 15.7. The van der Waals surface area contributed by atoms with Gasteiger partial charge in [0.1, 0.15) is 23.0 Å². The fourth-order valence-corrected chi connectivity index (χ4v) is 8.89. The van der Waals surface area contributed by atoms with Crippen LogP contribution in [0.3, 0.4) is 0 Å². The molecule has 50 heavy (non-hydrogen) atoms. The van der Waals surface area contributed by atoms with Gasteiger partial charge in [-0.2, -0.15) is 0 Å². The molecular formula is C45H39BN2O2. The van der Waals surface area contributed by atoms with Gasteiger partial charge in [-0.3, -0.25) is 0 Å². The molecule has 0 spiro atoms. The first-order chi connectivity index (χ1) is 24.2. The Morgan fingerprint density at radius 2 is 1.00 bits per heavy atom. The minimum atomic E-state index is 0.0165. The Balaban J connectivity index is 1.16. The zero-order valence-corrected chi connectivity index (χ0v) is 29.2. The molecule has 4 nitrogen and oxygen atoms in total. The van der Waals surface area contributed by atoms with Gasteiger partial charge in [0, 0.05) is 22.9 Å². The summed E-state index contributed by atoms with van der Waals surface area (Å²) in [5, 5.41) is 0. The van der Waals surface area contributed by atoms with Crippen molar-refractivity contribution in [1.82, 2.24) is 0 Å². The van der Waals surface area contributed by atoms with Gasteiger partial charge < -0.3 is 19.3 Å². The van der Waals surface area contributed by atoms with Gasteiger partial charge in [0.25, 0.3) is 6.71 Å². The van der Waals surface area contributed by atoms with Gasteiger partial charge in [-0.1, -0.05) is 82.3 Å². The molecule has 0 unspecified atom stereocenters. The van der Waals surface area contributed by atoms with Crippen LogP contribution in [0.1, 0.15) is 57.2 Å². The third kappa shape index (κ3) is 4.19. The molecule has 0 saturated heterocycles. The summed E-state index contributed by atoms with van der Waals surface area (Å²) in [4.78, 5) is 4.74. The number of hydrogen-bond acceptors (Lipinski definition) is 4. The predicted molar refractivity (Wildman–Crippen MR) is 207 cm³/mol. The van der Waals surface area contributed by atoms with Crippen LogP contribution in [-0.4, -0.2) is 6.71 Å². The highest BCUT2D eigenvalue weighted by molar-refractivity contribution is 6.98.